The van der Waals surface area contributed by atoms with E-state index in [1.807, 2.05) is 11.3 Å². The van der Waals surface area contributed by atoms with Gasteiger partial charge < -0.3 is 0 Å². The second kappa shape index (κ2) is 2.06. The van der Waals surface area contributed by atoms with E-state index in [-0.39, 0.29) is 0 Å². The summed E-state index contributed by atoms with van der Waals surface area (Å²) in [7, 11) is 0. The van der Waals surface area contributed by atoms with Gasteiger partial charge in [0.05, 0.1) is 0 Å². The molecule has 0 saturated carbocycles. The van der Waals surface area contributed by atoms with E-state index in [1.54, 1.807) is 0 Å². The van der Waals surface area contributed by atoms with Crippen LogP contribution in [0.5, 0.6) is 0 Å². The van der Waals surface area contributed by atoms with Crippen LogP contribution in [0.4, 0.5) is 0 Å². The summed E-state index contributed by atoms with van der Waals surface area (Å²) >= 11 is 3.16. The zero-order chi connectivity index (χ0) is 5.28. The van der Waals surface area contributed by atoms with Gasteiger partial charge in [-0.05, 0) is 0 Å². The third kappa shape index (κ3) is 1.36. The van der Waals surface area contributed by atoms with E-state index in [0.29, 0.717) is 0 Å². The molecule has 0 spiro atoms. The van der Waals surface area contributed by atoms with Gasteiger partial charge in [-0.2, -0.15) is 0 Å². The van der Waals surface area contributed by atoms with E-state index in [0.717, 1.165) is 0 Å². The number of thiophene rings is 1. The van der Waals surface area contributed by atoms with Crippen molar-refractivity contribution in [3.63, 3.8) is 0 Å². The van der Waals surface area contributed by atoms with Crippen LogP contribution in [0.2, 0.25) is 0 Å². The number of hydrogen-bond acceptors (Lipinski definition) is 1. The fourth-order valence-electron chi connectivity index (χ4n) is 0.491. The predicted octanol–water partition coefficient (Wildman–Crippen LogP) is 1.23. The van der Waals surface area contributed by atoms with Gasteiger partial charge >= 0.3 is 57.0 Å². The Kier molecular flexibility index (Phi) is 1.61. The van der Waals surface area contributed by atoms with Gasteiger partial charge in [0.1, 0.15) is 0 Å². The Morgan fingerprint density at radius 1 is 1.71 bits per heavy atom. The summed E-state index contributed by atoms with van der Waals surface area (Å²) in [6, 6.07) is 2.24. The van der Waals surface area contributed by atoms with Crippen LogP contribution in [0.1, 0.15) is 5.56 Å². The molecule has 0 amide bonds. The van der Waals surface area contributed by atoms with E-state index in [1.165, 1.54) is 27.3 Å². The summed E-state index contributed by atoms with van der Waals surface area (Å²) < 4.78 is 1.53. The predicted molar refractivity (Wildman–Crippen MR) is 28.7 cm³/mol. The van der Waals surface area contributed by atoms with Crippen molar-refractivity contribution in [3.05, 3.63) is 17.0 Å². The van der Waals surface area contributed by atoms with Crippen LogP contribution in [0.3, 0.4) is 0 Å². The summed E-state index contributed by atoms with van der Waals surface area (Å²) in [4.78, 5) is 0. The Balaban J connectivity index is 3.04. The molecular weight excluding hydrogens is 158 g/mol. The minimum atomic E-state index is 1.30. The van der Waals surface area contributed by atoms with Crippen molar-refractivity contribution < 1.29 is 18.3 Å². The van der Waals surface area contributed by atoms with Gasteiger partial charge in [-0.25, -0.2) is 0 Å². The van der Waals surface area contributed by atoms with Crippen LogP contribution >= 0.6 is 11.3 Å². The van der Waals surface area contributed by atoms with Gasteiger partial charge in [0.25, 0.3) is 0 Å². The van der Waals surface area contributed by atoms with Crippen molar-refractivity contribution >= 4 is 14.8 Å². The summed E-state index contributed by atoms with van der Waals surface area (Å²) in [6.07, 6.45) is 0. The van der Waals surface area contributed by atoms with E-state index < -0.39 is 0 Å². The first-order chi connectivity index (χ1) is 3.29. The normalized spacial score (nSPS) is 9.57. The first kappa shape index (κ1) is 5.46. The van der Waals surface area contributed by atoms with E-state index in [4.69, 9.17) is 0 Å². The Morgan fingerprint density at radius 3 is 2.57 bits per heavy atom. The Labute approximate surface area is 57.2 Å². The fourth-order valence-corrected chi connectivity index (χ4v) is 2.35. The van der Waals surface area contributed by atoms with Crippen molar-refractivity contribution in [2.24, 2.45) is 0 Å². The molecule has 0 atom stereocenters. The van der Waals surface area contributed by atoms with Crippen LogP contribution in [-0.2, 0) is 18.3 Å². The quantitative estimate of drug-likeness (QED) is 0.504. The zero-order valence-electron chi connectivity index (χ0n) is 4.27. The number of rotatable bonds is 0. The van der Waals surface area contributed by atoms with Crippen molar-refractivity contribution in [1.29, 1.82) is 0 Å². The average molecular weight is 163 g/mol. The molecule has 33 valence electrons. The van der Waals surface area contributed by atoms with Crippen molar-refractivity contribution in [3.8, 4) is 0 Å². The van der Waals surface area contributed by atoms with Crippen LogP contribution < -0.4 is 3.47 Å². The third-order valence-corrected chi connectivity index (χ3v) is 3.17. The van der Waals surface area contributed by atoms with E-state index in [9.17, 15) is 0 Å². The van der Waals surface area contributed by atoms with E-state index >= 15 is 0 Å². The van der Waals surface area contributed by atoms with Crippen molar-refractivity contribution in [2.45, 2.75) is 6.92 Å². The van der Waals surface area contributed by atoms with Crippen LogP contribution in [0.15, 0.2) is 11.4 Å². The van der Waals surface area contributed by atoms with Gasteiger partial charge in [0.2, 0.25) is 0 Å². The molecule has 0 aliphatic carbocycles. The first-order valence-electron chi connectivity index (χ1n) is 2.16. The van der Waals surface area contributed by atoms with Gasteiger partial charge in [-0.3, -0.25) is 0 Å². The van der Waals surface area contributed by atoms with E-state index in [2.05, 4.69) is 18.4 Å². The maximum absolute atomic E-state index is 2.24. The molecule has 1 aromatic heterocycles. The van der Waals surface area contributed by atoms with Crippen LogP contribution in [0, 0.1) is 6.92 Å². The second-order valence-corrected chi connectivity index (χ2v) is 5.26. The minimum absolute atomic E-state index is 1.30. The van der Waals surface area contributed by atoms with Gasteiger partial charge in [0.15, 0.2) is 0 Å². The molecule has 7 heavy (non-hydrogen) atoms. The zero-order valence-corrected chi connectivity index (χ0v) is 8.05. The third-order valence-electron chi connectivity index (χ3n) is 0.785. The SMILES string of the molecule is Cc1cs[c]([Zn])c1. The van der Waals surface area contributed by atoms with Crippen molar-refractivity contribution in [1.82, 2.24) is 0 Å². The molecule has 0 N–H and O–H groups in total. The first-order valence-corrected chi connectivity index (χ1v) is 4.52. The molecule has 0 aliphatic rings. The molecule has 0 fully saturated rings. The molecule has 1 heterocycles. The molecule has 2 heteroatoms. The Hall–Kier alpha value is 0.323. The maximum atomic E-state index is 2.24. The average Bonchev–Trinajstić information content (AvgIpc) is 1.87. The molecule has 0 aromatic carbocycles. The summed E-state index contributed by atoms with van der Waals surface area (Å²) in [5.41, 5.74) is 1.41. The van der Waals surface area contributed by atoms with Crippen LogP contribution in [-0.4, -0.2) is 0 Å². The van der Waals surface area contributed by atoms with Gasteiger partial charge in [-0.15, -0.1) is 0 Å². The van der Waals surface area contributed by atoms with Gasteiger partial charge in [0, 0.05) is 0 Å². The topological polar surface area (TPSA) is 0 Å². The fraction of sp³-hybridized carbons (Fsp3) is 0.200. The number of aryl methyl sites for hydroxylation is 1. The Morgan fingerprint density at radius 2 is 2.43 bits per heavy atom. The molecular formula is C5H5SZn. The van der Waals surface area contributed by atoms with Crippen LogP contribution in [0.25, 0.3) is 0 Å². The molecule has 0 nitrogen and oxygen atoms in total. The van der Waals surface area contributed by atoms with Gasteiger partial charge in [-0.1, -0.05) is 0 Å². The van der Waals surface area contributed by atoms with Crippen molar-refractivity contribution in [2.75, 3.05) is 0 Å². The monoisotopic (exact) mass is 161 g/mol. The molecule has 0 aliphatic heterocycles. The summed E-state index contributed by atoms with van der Waals surface area (Å²) in [6.45, 7) is 2.13. The molecule has 0 radical (unpaired) electrons. The number of hydrogen-bond donors (Lipinski definition) is 0. The summed E-state index contributed by atoms with van der Waals surface area (Å²) in [5.74, 6) is 0. The molecule has 0 unspecified atom stereocenters. The second-order valence-electron chi connectivity index (χ2n) is 1.59. The Bertz CT molecular complexity index is 140. The molecule has 1 aromatic rings. The standard InChI is InChI=1S/C5H5S.Zn/c1-5-2-3-6-4-5;/h2,4H,1H3;. The molecule has 1 rings (SSSR count). The molecule has 0 saturated heterocycles. The molecule has 0 bridgehead atoms. The summed E-state index contributed by atoms with van der Waals surface area (Å²) in [5, 5.41) is 2.19.